The average Bonchev–Trinajstić information content (AvgIpc) is 3.63. The van der Waals surface area contributed by atoms with E-state index < -0.39 is 21.8 Å². The smallest absolute Gasteiger partial charge is 0.335 e. The van der Waals surface area contributed by atoms with Crippen molar-refractivity contribution in [1.82, 2.24) is 14.2 Å². The van der Waals surface area contributed by atoms with E-state index >= 15 is 0 Å². The Balaban J connectivity index is 1.40. The number of sulfonamides is 1. The van der Waals surface area contributed by atoms with Crippen LogP contribution in [0.4, 0.5) is 13.2 Å². The quantitative estimate of drug-likeness (QED) is 0.650. The van der Waals surface area contributed by atoms with E-state index in [1.165, 1.54) is 34.9 Å². The predicted octanol–water partition coefficient (Wildman–Crippen LogP) is 3.69. The molecule has 1 saturated heterocycles. The highest BCUT2D eigenvalue weighted by Gasteiger charge is 2.39. The Labute approximate surface area is 185 Å². The van der Waals surface area contributed by atoms with E-state index in [0.29, 0.717) is 18.4 Å². The molecule has 2 aliphatic rings. The summed E-state index contributed by atoms with van der Waals surface area (Å²) in [5.41, 5.74) is -0.0670. The lowest BCUT2D eigenvalue weighted by Gasteiger charge is -2.34. The molecule has 0 atom stereocenters. The SMILES string of the molecule is O=C(C1CCN(S(=O)(=O)c2cccnc2)CC1)N(Cc1ccc(C(F)(F)F)cc1)C1CC1. The third-order valence-electron chi connectivity index (χ3n) is 5.98. The van der Waals surface area contributed by atoms with Gasteiger partial charge in [-0.1, -0.05) is 12.1 Å². The van der Waals surface area contributed by atoms with Crippen LogP contribution in [-0.4, -0.2) is 47.6 Å². The van der Waals surface area contributed by atoms with Crippen molar-refractivity contribution in [2.75, 3.05) is 13.1 Å². The molecular weight excluding hydrogens is 443 g/mol. The summed E-state index contributed by atoms with van der Waals surface area (Å²) in [5.74, 6) is -0.351. The first-order valence-corrected chi connectivity index (χ1v) is 12.0. The molecule has 32 heavy (non-hydrogen) atoms. The van der Waals surface area contributed by atoms with Crippen molar-refractivity contribution in [3.05, 3.63) is 59.9 Å². The van der Waals surface area contributed by atoms with E-state index in [1.807, 2.05) is 0 Å². The third kappa shape index (κ3) is 4.96. The van der Waals surface area contributed by atoms with Gasteiger partial charge in [-0.3, -0.25) is 9.78 Å². The van der Waals surface area contributed by atoms with Crippen LogP contribution in [0, 0.1) is 5.92 Å². The molecule has 0 unspecified atom stereocenters. The number of nitrogens with zero attached hydrogens (tertiary/aromatic N) is 3. The lowest BCUT2D eigenvalue weighted by Crippen LogP contribution is -2.44. The van der Waals surface area contributed by atoms with Crippen molar-refractivity contribution in [2.45, 2.75) is 49.3 Å². The number of piperidine rings is 1. The van der Waals surface area contributed by atoms with Gasteiger partial charge in [0.25, 0.3) is 0 Å². The van der Waals surface area contributed by atoms with Crippen LogP contribution >= 0.6 is 0 Å². The molecule has 2 aromatic rings. The van der Waals surface area contributed by atoms with E-state index in [4.69, 9.17) is 0 Å². The zero-order chi connectivity index (χ0) is 22.9. The van der Waals surface area contributed by atoms with Gasteiger partial charge in [-0.05, 0) is 55.5 Å². The van der Waals surface area contributed by atoms with Crippen LogP contribution in [0.2, 0.25) is 0 Å². The molecular formula is C22H24F3N3O3S. The largest absolute Gasteiger partial charge is 0.416 e. The first kappa shape index (κ1) is 22.7. The molecule has 10 heteroatoms. The minimum atomic E-state index is -4.39. The first-order valence-electron chi connectivity index (χ1n) is 10.5. The van der Waals surface area contributed by atoms with Gasteiger partial charge >= 0.3 is 6.18 Å². The van der Waals surface area contributed by atoms with Gasteiger partial charge in [-0.2, -0.15) is 17.5 Å². The topological polar surface area (TPSA) is 70.6 Å². The number of carbonyl (C=O) groups is 1. The Morgan fingerprint density at radius 3 is 2.25 bits per heavy atom. The van der Waals surface area contributed by atoms with Gasteiger partial charge in [0.15, 0.2) is 0 Å². The summed E-state index contributed by atoms with van der Waals surface area (Å²) in [6.45, 7) is 0.745. The van der Waals surface area contributed by atoms with Crippen molar-refractivity contribution < 1.29 is 26.4 Å². The predicted molar refractivity (Wildman–Crippen MR) is 111 cm³/mol. The molecule has 0 spiro atoms. The average molecular weight is 468 g/mol. The van der Waals surface area contributed by atoms with Gasteiger partial charge in [0.05, 0.1) is 5.56 Å². The van der Waals surface area contributed by atoms with Crippen molar-refractivity contribution in [2.24, 2.45) is 5.92 Å². The number of amides is 1. The van der Waals surface area contributed by atoms with Crippen LogP contribution in [0.3, 0.4) is 0 Å². The summed E-state index contributed by atoms with van der Waals surface area (Å²) in [6, 6.07) is 8.06. The molecule has 1 aromatic carbocycles. The minimum absolute atomic E-state index is 0.0502. The monoisotopic (exact) mass is 467 g/mol. The number of hydrogen-bond acceptors (Lipinski definition) is 4. The fourth-order valence-electron chi connectivity index (χ4n) is 4.00. The summed E-state index contributed by atoms with van der Waals surface area (Å²) in [6.07, 6.45) is 0.998. The Kier molecular flexibility index (Phi) is 6.26. The van der Waals surface area contributed by atoms with Gasteiger partial charge in [-0.25, -0.2) is 8.42 Å². The number of halogens is 3. The molecule has 2 fully saturated rings. The highest BCUT2D eigenvalue weighted by molar-refractivity contribution is 7.89. The lowest BCUT2D eigenvalue weighted by molar-refractivity contribution is -0.139. The number of carbonyl (C=O) groups excluding carboxylic acids is 1. The Hall–Kier alpha value is -2.46. The molecule has 0 bridgehead atoms. The molecule has 4 rings (SSSR count). The Morgan fingerprint density at radius 2 is 1.72 bits per heavy atom. The lowest BCUT2D eigenvalue weighted by atomic mass is 9.96. The van der Waals surface area contributed by atoms with Crippen LogP contribution in [0.15, 0.2) is 53.7 Å². The van der Waals surface area contributed by atoms with Crippen LogP contribution in [-0.2, 0) is 27.5 Å². The minimum Gasteiger partial charge on any atom is -0.335 e. The fourth-order valence-corrected chi connectivity index (χ4v) is 5.43. The number of aromatic nitrogens is 1. The normalized spacial score (nSPS) is 18.5. The molecule has 1 aliphatic heterocycles. The number of alkyl halides is 3. The highest BCUT2D eigenvalue weighted by atomic mass is 32.2. The van der Waals surface area contributed by atoms with Crippen LogP contribution in [0.5, 0.6) is 0 Å². The summed E-state index contributed by atoms with van der Waals surface area (Å²) in [4.78, 5) is 19.0. The van der Waals surface area contributed by atoms with Gasteiger partial charge in [0, 0.05) is 44.0 Å². The number of pyridine rings is 1. The van der Waals surface area contributed by atoms with Crippen LogP contribution in [0.1, 0.15) is 36.8 Å². The van der Waals surface area contributed by atoms with E-state index in [2.05, 4.69) is 4.98 Å². The number of rotatable bonds is 6. The Bertz CT molecular complexity index is 1050. The molecule has 0 radical (unpaired) electrons. The molecule has 172 valence electrons. The molecule has 1 aliphatic carbocycles. The summed E-state index contributed by atoms with van der Waals surface area (Å²) in [7, 11) is -3.65. The van der Waals surface area contributed by atoms with E-state index in [0.717, 1.165) is 25.0 Å². The number of benzene rings is 1. The molecule has 1 amide bonds. The van der Waals surface area contributed by atoms with E-state index in [1.54, 1.807) is 11.0 Å². The Morgan fingerprint density at radius 1 is 1.06 bits per heavy atom. The molecule has 2 heterocycles. The molecule has 0 N–H and O–H groups in total. The maximum absolute atomic E-state index is 13.2. The van der Waals surface area contributed by atoms with Crippen molar-refractivity contribution in [3.63, 3.8) is 0 Å². The summed E-state index contributed by atoms with van der Waals surface area (Å²) < 4.78 is 65.3. The second-order valence-corrected chi connectivity index (χ2v) is 10.2. The van der Waals surface area contributed by atoms with E-state index in [9.17, 15) is 26.4 Å². The standard InChI is InChI=1S/C22H24F3N3O3S/c23-22(24,25)18-5-3-16(4-6-18)15-28(19-7-8-19)21(29)17-9-12-27(13-10-17)32(30,31)20-2-1-11-26-14-20/h1-6,11,14,17,19H,7-10,12-13,15H2. The second-order valence-electron chi connectivity index (χ2n) is 8.26. The molecule has 1 aromatic heterocycles. The van der Waals surface area contributed by atoms with Crippen molar-refractivity contribution >= 4 is 15.9 Å². The second kappa shape index (κ2) is 8.82. The van der Waals surface area contributed by atoms with Crippen molar-refractivity contribution in [1.29, 1.82) is 0 Å². The van der Waals surface area contributed by atoms with Crippen molar-refractivity contribution in [3.8, 4) is 0 Å². The van der Waals surface area contributed by atoms with Gasteiger partial charge in [0.2, 0.25) is 15.9 Å². The summed E-state index contributed by atoms with van der Waals surface area (Å²) >= 11 is 0. The van der Waals surface area contributed by atoms with E-state index in [-0.39, 0.29) is 42.4 Å². The summed E-state index contributed by atoms with van der Waals surface area (Å²) in [5, 5.41) is 0. The first-order chi connectivity index (χ1) is 15.2. The zero-order valence-corrected chi connectivity index (χ0v) is 18.1. The molecule has 6 nitrogen and oxygen atoms in total. The van der Waals surface area contributed by atoms with Crippen LogP contribution < -0.4 is 0 Å². The van der Waals surface area contributed by atoms with Gasteiger partial charge < -0.3 is 4.90 Å². The van der Waals surface area contributed by atoms with Gasteiger partial charge in [0.1, 0.15) is 4.90 Å². The zero-order valence-electron chi connectivity index (χ0n) is 17.3. The maximum Gasteiger partial charge on any atom is 0.416 e. The highest BCUT2D eigenvalue weighted by Crippen LogP contribution is 2.34. The molecule has 1 saturated carbocycles. The maximum atomic E-state index is 13.2. The number of hydrogen-bond donors (Lipinski definition) is 0. The van der Waals surface area contributed by atoms with Gasteiger partial charge in [-0.15, -0.1) is 0 Å². The van der Waals surface area contributed by atoms with Crippen LogP contribution in [0.25, 0.3) is 0 Å². The third-order valence-corrected chi connectivity index (χ3v) is 7.86. The fraction of sp³-hybridized carbons (Fsp3) is 0.455.